The molecule has 0 radical (unpaired) electrons. The molecule has 0 aliphatic heterocycles. The Labute approximate surface area is 106 Å². The Bertz CT molecular complexity index is 409. The van der Waals surface area contributed by atoms with Gasteiger partial charge in [-0.05, 0) is 6.92 Å². The van der Waals surface area contributed by atoms with Gasteiger partial charge in [-0.2, -0.15) is 0 Å². The number of halogens is 1. The summed E-state index contributed by atoms with van der Waals surface area (Å²) in [5, 5.41) is 6.31. The maximum Gasteiger partial charge on any atom is 0.216 e. The third-order valence-corrected chi connectivity index (χ3v) is 2.61. The van der Waals surface area contributed by atoms with Gasteiger partial charge in [0.25, 0.3) is 0 Å². The van der Waals surface area contributed by atoms with Crippen molar-refractivity contribution in [3.05, 3.63) is 16.5 Å². The summed E-state index contributed by atoms with van der Waals surface area (Å²) in [6, 6.07) is 0. The largest absolute Gasteiger partial charge is 0.368 e. The van der Waals surface area contributed by atoms with Gasteiger partial charge in [-0.3, -0.25) is 4.79 Å². The fourth-order valence-electron chi connectivity index (χ4n) is 1.28. The third kappa shape index (κ3) is 4.19. The highest BCUT2D eigenvalue weighted by Gasteiger charge is 2.07. The van der Waals surface area contributed by atoms with E-state index in [2.05, 4.69) is 20.6 Å². The van der Waals surface area contributed by atoms with Crippen LogP contribution in [0.2, 0.25) is 5.15 Å². The first-order valence-electron chi connectivity index (χ1n) is 5.56. The Hall–Kier alpha value is -1.36. The molecule has 0 aliphatic rings. The predicted molar refractivity (Wildman–Crippen MR) is 68.3 cm³/mol. The number of amides is 1. The van der Waals surface area contributed by atoms with E-state index in [4.69, 9.17) is 11.6 Å². The van der Waals surface area contributed by atoms with Crippen LogP contribution in [0.4, 0.5) is 5.82 Å². The summed E-state index contributed by atoms with van der Waals surface area (Å²) in [5.74, 6) is 1.40. The van der Waals surface area contributed by atoms with E-state index < -0.39 is 0 Å². The second kappa shape index (κ2) is 6.39. The van der Waals surface area contributed by atoms with Crippen molar-refractivity contribution in [2.45, 2.75) is 27.2 Å². The maximum atomic E-state index is 10.7. The standard InChI is InChI=1S/C11H17ClN4O/c1-4-9-15-10(12)7(2)11(16-9)14-6-5-13-8(3)17/h4-6H2,1-3H3,(H,13,17)(H,14,15,16). The van der Waals surface area contributed by atoms with Gasteiger partial charge in [0.2, 0.25) is 5.91 Å². The number of anilines is 1. The van der Waals surface area contributed by atoms with E-state index in [-0.39, 0.29) is 5.91 Å². The van der Waals surface area contributed by atoms with Crippen LogP contribution in [0.15, 0.2) is 0 Å². The first-order chi connectivity index (χ1) is 8.04. The lowest BCUT2D eigenvalue weighted by molar-refractivity contribution is -0.118. The molecule has 0 saturated carbocycles. The number of aryl methyl sites for hydroxylation is 1. The quantitative estimate of drug-likeness (QED) is 0.620. The van der Waals surface area contributed by atoms with Crippen molar-refractivity contribution in [2.75, 3.05) is 18.4 Å². The van der Waals surface area contributed by atoms with Gasteiger partial charge < -0.3 is 10.6 Å². The number of rotatable bonds is 5. The van der Waals surface area contributed by atoms with Gasteiger partial charge in [0, 0.05) is 32.0 Å². The zero-order chi connectivity index (χ0) is 12.8. The monoisotopic (exact) mass is 256 g/mol. The topological polar surface area (TPSA) is 66.9 Å². The lowest BCUT2D eigenvalue weighted by Crippen LogP contribution is -2.26. The minimum absolute atomic E-state index is 0.0431. The predicted octanol–water partition coefficient (Wildman–Crippen LogP) is 1.55. The number of hydrogen-bond donors (Lipinski definition) is 2. The van der Waals surface area contributed by atoms with E-state index in [0.717, 1.165) is 17.8 Å². The fraction of sp³-hybridized carbons (Fsp3) is 0.545. The van der Waals surface area contributed by atoms with Crippen LogP contribution in [0, 0.1) is 6.92 Å². The minimum Gasteiger partial charge on any atom is -0.368 e. The number of carbonyl (C=O) groups excluding carboxylic acids is 1. The first kappa shape index (κ1) is 13.7. The van der Waals surface area contributed by atoms with Crippen LogP contribution in [0.5, 0.6) is 0 Å². The van der Waals surface area contributed by atoms with Crippen LogP contribution in [-0.4, -0.2) is 29.0 Å². The van der Waals surface area contributed by atoms with Crippen molar-refractivity contribution >= 4 is 23.3 Å². The molecule has 0 aliphatic carbocycles. The fourth-order valence-corrected chi connectivity index (χ4v) is 1.47. The van der Waals surface area contributed by atoms with Crippen molar-refractivity contribution in [2.24, 2.45) is 0 Å². The Morgan fingerprint density at radius 3 is 2.65 bits per heavy atom. The Morgan fingerprint density at radius 1 is 1.35 bits per heavy atom. The molecule has 17 heavy (non-hydrogen) atoms. The SMILES string of the molecule is CCc1nc(Cl)c(C)c(NCCNC(C)=O)n1. The van der Waals surface area contributed by atoms with Crippen LogP contribution in [-0.2, 0) is 11.2 Å². The highest BCUT2D eigenvalue weighted by atomic mass is 35.5. The molecule has 0 unspecified atom stereocenters. The molecular formula is C11H17ClN4O. The highest BCUT2D eigenvalue weighted by molar-refractivity contribution is 6.30. The molecule has 1 heterocycles. The zero-order valence-electron chi connectivity index (χ0n) is 10.3. The molecule has 0 atom stereocenters. The summed E-state index contributed by atoms with van der Waals surface area (Å²) >= 11 is 6.00. The summed E-state index contributed by atoms with van der Waals surface area (Å²) in [4.78, 5) is 19.2. The average molecular weight is 257 g/mol. The highest BCUT2D eigenvalue weighted by Crippen LogP contribution is 2.19. The summed E-state index contributed by atoms with van der Waals surface area (Å²) in [6.07, 6.45) is 0.736. The molecule has 0 bridgehead atoms. The molecule has 1 aromatic heterocycles. The van der Waals surface area contributed by atoms with Gasteiger partial charge in [-0.15, -0.1) is 0 Å². The van der Waals surface area contributed by atoms with E-state index in [9.17, 15) is 4.79 Å². The molecule has 1 rings (SSSR count). The molecule has 5 nitrogen and oxygen atoms in total. The zero-order valence-corrected chi connectivity index (χ0v) is 11.1. The molecule has 0 aromatic carbocycles. The number of nitrogens with zero attached hydrogens (tertiary/aromatic N) is 2. The van der Waals surface area contributed by atoms with Crippen LogP contribution >= 0.6 is 11.6 Å². The van der Waals surface area contributed by atoms with Crippen molar-refractivity contribution in [3.8, 4) is 0 Å². The van der Waals surface area contributed by atoms with E-state index in [0.29, 0.717) is 24.1 Å². The summed E-state index contributed by atoms with van der Waals surface area (Å²) < 4.78 is 0. The van der Waals surface area contributed by atoms with Gasteiger partial charge in [0.1, 0.15) is 16.8 Å². The molecule has 6 heteroatoms. The number of hydrogen-bond acceptors (Lipinski definition) is 4. The van der Waals surface area contributed by atoms with Crippen LogP contribution in [0.3, 0.4) is 0 Å². The minimum atomic E-state index is -0.0431. The second-order valence-electron chi connectivity index (χ2n) is 3.67. The summed E-state index contributed by atoms with van der Waals surface area (Å²) in [6.45, 7) is 6.49. The maximum absolute atomic E-state index is 10.7. The molecule has 1 amide bonds. The number of carbonyl (C=O) groups is 1. The van der Waals surface area contributed by atoms with Gasteiger partial charge in [0.15, 0.2) is 0 Å². The molecule has 1 aromatic rings. The van der Waals surface area contributed by atoms with Crippen molar-refractivity contribution < 1.29 is 4.79 Å². The van der Waals surface area contributed by atoms with E-state index >= 15 is 0 Å². The molecule has 0 saturated heterocycles. The molecular weight excluding hydrogens is 240 g/mol. The normalized spacial score (nSPS) is 10.1. The Kier molecular flexibility index (Phi) is 5.15. The van der Waals surface area contributed by atoms with Crippen molar-refractivity contribution in [1.29, 1.82) is 0 Å². The van der Waals surface area contributed by atoms with E-state index in [1.54, 1.807) is 0 Å². The summed E-state index contributed by atoms with van der Waals surface area (Å²) in [5.41, 5.74) is 0.826. The van der Waals surface area contributed by atoms with Gasteiger partial charge >= 0.3 is 0 Å². The first-order valence-corrected chi connectivity index (χ1v) is 5.93. The van der Waals surface area contributed by atoms with Crippen molar-refractivity contribution in [1.82, 2.24) is 15.3 Å². The Morgan fingerprint density at radius 2 is 2.06 bits per heavy atom. The van der Waals surface area contributed by atoms with E-state index in [1.165, 1.54) is 6.92 Å². The summed E-state index contributed by atoms with van der Waals surface area (Å²) in [7, 11) is 0. The van der Waals surface area contributed by atoms with Crippen LogP contribution in [0.1, 0.15) is 25.2 Å². The molecule has 0 fully saturated rings. The number of aromatic nitrogens is 2. The Balaban J connectivity index is 2.63. The smallest absolute Gasteiger partial charge is 0.216 e. The average Bonchev–Trinajstić information content (AvgIpc) is 2.29. The second-order valence-corrected chi connectivity index (χ2v) is 4.03. The molecule has 2 N–H and O–H groups in total. The number of nitrogens with one attached hydrogen (secondary N) is 2. The van der Waals surface area contributed by atoms with Gasteiger partial charge in [-0.1, -0.05) is 18.5 Å². The molecule has 94 valence electrons. The van der Waals surface area contributed by atoms with Crippen LogP contribution in [0.25, 0.3) is 0 Å². The van der Waals surface area contributed by atoms with Gasteiger partial charge in [-0.25, -0.2) is 9.97 Å². The molecule has 0 spiro atoms. The van der Waals surface area contributed by atoms with Crippen molar-refractivity contribution in [3.63, 3.8) is 0 Å². The third-order valence-electron chi connectivity index (χ3n) is 2.24. The van der Waals surface area contributed by atoms with Crippen LogP contribution < -0.4 is 10.6 Å². The van der Waals surface area contributed by atoms with E-state index in [1.807, 2.05) is 13.8 Å². The van der Waals surface area contributed by atoms with Gasteiger partial charge in [0.05, 0.1) is 0 Å². The lowest BCUT2D eigenvalue weighted by atomic mass is 10.3. The lowest BCUT2D eigenvalue weighted by Gasteiger charge is -2.10.